The molecule has 2 rings (SSSR count). The maximum absolute atomic E-state index is 3.55. The number of benzene rings is 1. The van der Waals surface area contributed by atoms with E-state index in [0.29, 0.717) is 0 Å². The average molecular weight is 232 g/mol. The Labute approximate surface area is 105 Å². The molecule has 0 bridgehead atoms. The fourth-order valence-corrected chi connectivity index (χ4v) is 2.70. The number of nitrogens with one attached hydrogen (secondary N) is 1. The summed E-state index contributed by atoms with van der Waals surface area (Å²) in [5, 5.41) is 3.55. The molecule has 17 heavy (non-hydrogen) atoms. The first-order valence-electron chi connectivity index (χ1n) is 6.63. The Morgan fingerprint density at radius 2 is 2.00 bits per heavy atom. The molecule has 2 nitrogen and oxygen atoms in total. The summed E-state index contributed by atoms with van der Waals surface area (Å²) in [7, 11) is 2.21. The number of aryl methyl sites for hydroxylation is 1. The van der Waals surface area contributed by atoms with Crippen LogP contribution in [0.1, 0.15) is 25.0 Å². The van der Waals surface area contributed by atoms with Crippen LogP contribution < -0.4 is 5.32 Å². The van der Waals surface area contributed by atoms with Gasteiger partial charge in [0.15, 0.2) is 0 Å². The monoisotopic (exact) mass is 232 g/mol. The fraction of sp³-hybridized carbons (Fsp3) is 0.600. The lowest BCUT2D eigenvalue weighted by molar-refractivity contribution is 0.290. The molecule has 0 spiro atoms. The summed E-state index contributed by atoms with van der Waals surface area (Å²) in [6.07, 6.45) is 1.12. The summed E-state index contributed by atoms with van der Waals surface area (Å²) < 4.78 is 0. The van der Waals surface area contributed by atoms with E-state index in [4.69, 9.17) is 0 Å². The van der Waals surface area contributed by atoms with Crippen molar-refractivity contribution in [3.63, 3.8) is 0 Å². The van der Waals surface area contributed by atoms with Gasteiger partial charge in [0.1, 0.15) is 0 Å². The number of likely N-dealkylation sites (N-methyl/N-ethyl adjacent to an activating group) is 1. The highest BCUT2D eigenvalue weighted by Gasteiger charge is 2.29. The molecule has 1 unspecified atom stereocenters. The highest BCUT2D eigenvalue weighted by Crippen LogP contribution is 2.25. The predicted molar refractivity (Wildman–Crippen MR) is 73.5 cm³/mol. The topological polar surface area (TPSA) is 15.3 Å². The van der Waals surface area contributed by atoms with Crippen LogP contribution in [-0.4, -0.2) is 38.1 Å². The van der Waals surface area contributed by atoms with E-state index >= 15 is 0 Å². The van der Waals surface area contributed by atoms with Crippen LogP contribution in [-0.2, 0) is 11.8 Å². The Balaban J connectivity index is 2.22. The zero-order valence-electron chi connectivity index (χ0n) is 11.3. The number of nitrogens with zero attached hydrogens (tertiary/aromatic N) is 1. The van der Waals surface area contributed by atoms with Crippen LogP contribution in [0, 0.1) is 0 Å². The Morgan fingerprint density at radius 1 is 1.29 bits per heavy atom. The molecule has 1 saturated heterocycles. The summed E-state index contributed by atoms with van der Waals surface area (Å²) in [4.78, 5) is 2.42. The van der Waals surface area contributed by atoms with Crippen LogP contribution in [0.25, 0.3) is 0 Å². The molecule has 1 N–H and O–H groups in total. The molecule has 2 heteroatoms. The van der Waals surface area contributed by atoms with Gasteiger partial charge in [-0.3, -0.25) is 0 Å². The Bertz CT molecular complexity index is 358. The van der Waals surface area contributed by atoms with Crippen LogP contribution in [0.15, 0.2) is 24.3 Å². The highest BCUT2D eigenvalue weighted by molar-refractivity contribution is 5.30. The zero-order chi connectivity index (χ0) is 12.3. The minimum absolute atomic E-state index is 0.234. The normalized spacial score (nSPS) is 26.8. The van der Waals surface area contributed by atoms with Crippen LogP contribution >= 0.6 is 0 Å². The average Bonchev–Trinajstić information content (AvgIpc) is 2.51. The Kier molecular flexibility index (Phi) is 3.85. The maximum atomic E-state index is 3.55. The second-order valence-electron chi connectivity index (χ2n) is 5.53. The maximum Gasteiger partial charge on any atom is 0.0176 e. The second-order valence-corrected chi connectivity index (χ2v) is 5.53. The standard InChI is InChI=1S/C15H24N2/c1-4-13-5-7-14(8-6-13)15(2)11-16-9-10-17(3)12-15/h5-8,16H,4,9-12H2,1-3H3. The van der Waals surface area contributed by atoms with E-state index in [1.54, 1.807) is 0 Å². The molecule has 0 aliphatic carbocycles. The van der Waals surface area contributed by atoms with Gasteiger partial charge >= 0.3 is 0 Å². The molecule has 1 heterocycles. The van der Waals surface area contributed by atoms with Crippen molar-refractivity contribution in [1.29, 1.82) is 0 Å². The largest absolute Gasteiger partial charge is 0.315 e. The van der Waals surface area contributed by atoms with Gasteiger partial charge in [0.25, 0.3) is 0 Å². The van der Waals surface area contributed by atoms with E-state index in [1.807, 2.05) is 0 Å². The lowest BCUT2D eigenvalue weighted by Gasteiger charge is -2.31. The molecule has 1 fully saturated rings. The first kappa shape index (κ1) is 12.6. The molecule has 0 radical (unpaired) electrons. The van der Waals surface area contributed by atoms with Gasteiger partial charge in [-0.25, -0.2) is 0 Å². The van der Waals surface area contributed by atoms with E-state index in [-0.39, 0.29) is 5.41 Å². The molecule has 0 aromatic heterocycles. The molecule has 0 amide bonds. The Morgan fingerprint density at radius 3 is 2.65 bits per heavy atom. The molecular formula is C15H24N2. The van der Waals surface area contributed by atoms with Gasteiger partial charge in [-0.15, -0.1) is 0 Å². The number of hydrogen-bond acceptors (Lipinski definition) is 2. The van der Waals surface area contributed by atoms with E-state index in [9.17, 15) is 0 Å². The third-order valence-electron chi connectivity index (χ3n) is 3.86. The van der Waals surface area contributed by atoms with Crippen molar-refractivity contribution in [2.24, 2.45) is 0 Å². The second kappa shape index (κ2) is 5.19. The zero-order valence-corrected chi connectivity index (χ0v) is 11.3. The van der Waals surface area contributed by atoms with E-state index in [2.05, 4.69) is 55.4 Å². The van der Waals surface area contributed by atoms with Gasteiger partial charge in [0.05, 0.1) is 0 Å². The SMILES string of the molecule is CCc1ccc(C2(C)CNCCN(C)C2)cc1. The highest BCUT2D eigenvalue weighted by atomic mass is 15.1. The summed E-state index contributed by atoms with van der Waals surface area (Å²) in [6, 6.07) is 9.15. The van der Waals surface area contributed by atoms with Crippen molar-refractivity contribution in [1.82, 2.24) is 10.2 Å². The van der Waals surface area contributed by atoms with Gasteiger partial charge in [-0.2, -0.15) is 0 Å². The molecule has 1 aromatic carbocycles. The molecule has 1 atom stereocenters. The third-order valence-corrected chi connectivity index (χ3v) is 3.86. The van der Waals surface area contributed by atoms with Crippen molar-refractivity contribution in [2.45, 2.75) is 25.7 Å². The summed E-state index contributed by atoms with van der Waals surface area (Å²) in [6.45, 7) is 9.01. The predicted octanol–water partition coefficient (Wildman–Crippen LogP) is 2.04. The van der Waals surface area contributed by atoms with Crippen LogP contribution in [0.3, 0.4) is 0 Å². The van der Waals surface area contributed by atoms with Gasteiger partial charge in [0, 0.05) is 31.6 Å². The fourth-order valence-electron chi connectivity index (χ4n) is 2.70. The lowest BCUT2D eigenvalue weighted by Crippen LogP contribution is -2.39. The van der Waals surface area contributed by atoms with Crippen molar-refractivity contribution >= 4 is 0 Å². The minimum Gasteiger partial charge on any atom is -0.315 e. The van der Waals surface area contributed by atoms with E-state index in [0.717, 1.165) is 32.6 Å². The van der Waals surface area contributed by atoms with Crippen molar-refractivity contribution < 1.29 is 0 Å². The van der Waals surface area contributed by atoms with Gasteiger partial charge < -0.3 is 10.2 Å². The van der Waals surface area contributed by atoms with Gasteiger partial charge in [0.2, 0.25) is 0 Å². The third kappa shape index (κ3) is 2.88. The van der Waals surface area contributed by atoms with Crippen LogP contribution in [0.2, 0.25) is 0 Å². The molecule has 0 saturated carbocycles. The molecule has 1 aliphatic heterocycles. The van der Waals surface area contributed by atoms with Crippen molar-refractivity contribution in [3.8, 4) is 0 Å². The number of rotatable bonds is 2. The van der Waals surface area contributed by atoms with Crippen molar-refractivity contribution in [3.05, 3.63) is 35.4 Å². The minimum atomic E-state index is 0.234. The van der Waals surface area contributed by atoms with Gasteiger partial charge in [-0.05, 0) is 24.6 Å². The Hall–Kier alpha value is -0.860. The first-order chi connectivity index (χ1) is 8.14. The summed E-state index contributed by atoms with van der Waals surface area (Å²) >= 11 is 0. The quantitative estimate of drug-likeness (QED) is 0.839. The molecule has 1 aromatic rings. The number of hydrogen-bond donors (Lipinski definition) is 1. The molecule has 1 aliphatic rings. The lowest BCUT2D eigenvalue weighted by atomic mass is 9.81. The smallest absolute Gasteiger partial charge is 0.0176 e. The summed E-state index contributed by atoms with van der Waals surface area (Å²) in [5.74, 6) is 0. The van der Waals surface area contributed by atoms with Crippen LogP contribution in [0.4, 0.5) is 0 Å². The van der Waals surface area contributed by atoms with Crippen molar-refractivity contribution in [2.75, 3.05) is 33.2 Å². The summed E-state index contributed by atoms with van der Waals surface area (Å²) in [5.41, 5.74) is 3.11. The molecule has 94 valence electrons. The van der Waals surface area contributed by atoms with E-state index in [1.165, 1.54) is 11.1 Å². The van der Waals surface area contributed by atoms with Crippen LogP contribution in [0.5, 0.6) is 0 Å². The molecular weight excluding hydrogens is 208 g/mol. The van der Waals surface area contributed by atoms with E-state index < -0.39 is 0 Å². The van der Waals surface area contributed by atoms with Gasteiger partial charge in [-0.1, -0.05) is 38.1 Å². The first-order valence-corrected chi connectivity index (χ1v) is 6.63.